The molecule has 0 bridgehead atoms. The Labute approximate surface area is 57.5 Å². The maximum atomic E-state index is 12.0. The zero-order valence-electron chi connectivity index (χ0n) is 4.63. The number of nitrogens with two attached hydrogens (primary N) is 1. The van der Waals surface area contributed by atoms with Gasteiger partial charge in [0.15, 0.2) is 5.83 Å². The van der Waals surface area contributed by atoms with E-state index in [1.807, 2.05) is 0 Å². The summed E-state index contributed by atoms with van der Waals surface area (Å²) in [5.41, 5.74) is 4.55. The zero-order valence-corrected chi connectivity index (χ0v) is 5.45. The van der Waals surface area contributed by atoms with Crippen molar-refractivity contribution in [1.29, 1.82) is 0 Å². The SMILES string of the molecule is NC(=O)C(F)=CCC=S. The van der Waals surface area contributed by atoms with Gasteiger partial charge in [-0.2, -0.15) is 0 Å². The Morgan fingerprint density at radius 1 is 1.78 bits per heavy atom. The average Bonchev–Trinajstić information content (AvgIpc) is 1.82. The molecule has 50 valence electrons. The molecule has 4 heteroatoms. The first-order valence-electron chi connectivity index (χ1n) is 2.27. The summed E-state index contributed by atoms with van der Waals surface area (Å²) in [6.07, 6.45) is 1.29. The van der Waals surface area contributed by atoms with Crippen LogP contribution in [-0.4, -0.2) is 11.3 Å². The van der Waals surface area contributed by atoms with Crippen LogP contribution in [0.3, 0.4) is 0 Å². The van der Waals surface area contributed by atoms with E-state index in [0.717, 1.165) is 6.08 Å². The van der Waals surface area contributed by atoms with Crippen LogP contribution >= 0.6 is 12.2 Å². The van der Waals surface area contributed by atoms with Gasteiger partial charge in [-0.25, -0.2) is 4.39 Å². The van der Waals surface area contributed by atoms with Crippen LogP contribution in [0.1, 0.15) is 6.42 Å². The van der Waals surface area contributed by atoms with Gasteiger partial charge < -0.3 is 5.73 Å². The molecular formula is C5H6FNOS. The number of allylic oxidation sites excluding steroid dienone is 1. The molecule has 0 rings (SSSR count). The summed E-state index contributed by atoms with van der Waals surface area (Å²) < 4.78 is 12.0. The Morgan fingerprint density at radius 2 is 2.33 bits per heavy atom. The summed E-state index contributed by atoms with van der Waals surface area (Å²) in [6.45, 7) is 0. The number of hydrogen-bond donors (Lipinski definition) is 1. The molecule has 0 saturated heterocycles. The van der Waals surface area contributed by atoms with Crippen LogP contribution in [0.4, 0.5) is 4.39 Å². The lowest BCUT2D eigenvalue weighted by molar-refractivity contribution is -0.115. The summed E-state index contributed by atoms with van der Waals surface area (Å²) >= 11 is 4.37. The van der Waals surface area contributed by atoms with Gasteiger partial charge in [0, 0.05) is 0 Å². The van der Waals surface area contributed by atoms with Crippen LogP contribution < -0.4 is 5.73 Å². The van der Waals surface area contributed by atoms with Gasteiger partial charge in [-0.15, -0.1) is 0 Å². The molecule has 0 saturated carbocycles. The fraction of sp³-hybridized carbons (Fsp3) is 0.200. The molecule has 0 aromatic rings. The molecule has 0 atom stereocenters. The normalized spacial score (nSPS) is 11.0. The highest BCUT2D eigenvalue weighted by Gasteiger charge is 1.98. The second-order valence-electron chi connectivity index (χ2n) is 1.32. The number of primary amides is 1. The first-order valence-corrected chi connectivity index (χ1v) is 2.74. The zero-order chi connectivity index (χ0) is 7.28. The summed E-state index contributed by atoms with van der Waals surface area (Å²) in [5, 5.41) is 1.31. The maximum Gasteiger partial charge on any atom is 0.277 e. The number of thiocarbonyl (C=S) groups is 1. The molecule has 0 aliphatic carbocycles. The Bertz CT molecular complexity index is 155. The molecule has 0 aromatic carbocycles. The van der Waals surface area contributed by atoms with Crippen molar-refractivity contribution in [2.24, 2.45) is 5.73 Å². The number of amides is 1. The van der Waals surface area contributed by atoms with Gasteiger partial charge >= 0.3 is 0 Å². The van der Waals surface area contributed by atoms with Crippen LogP contribution in [0.25, 0.3) is 0 Å². The highest BCUT2D eigenvalue weighted by atomic mass is 32.1. The average molecular weight is 147 g/mol. The Hall–Kier alpha value is -0.770. The standard InChI is InChI=1S/C5H6FNOS/c6-4(5(7)8)2-1-3-9/h2-3H,1H2,(H2,7,8). The third-order valence-corrected chi connectivity index (χ3v) is 0.821. The van der Waals surface area contributed by atoms with E-state index in [4.69, 9.17) is 0 Å². The van der Waals surface area contributed by atoms with Crippen molar-refractivity contribution in [3.05, 3.63) is 11.9 Å². The molecule has 9 heavy (non-hydrogen) atoms. The Kier molecular flexibility index (Phi) is 3.79. The summed E-state index contributed by atoms with van der Waals surface area (Å²) in [7, 11) is 0. The molecule has 0 unspecified atom stereocenters. The molecule has 0 aliphatic rings. The van der Waals surface area contributed by atoms with Crippen molar-refractivity contribution in [2.45, 2.75) is 6.42 Å². The van der Waals surface area contributed by atoms with E-state index in [1.54, 1.807) is 0 Å². The lowest BCUT2D eigenvalue weighted by Crippen LogP contribution is -2.10. The molecule has 0 fully saturated rings. The highest BCUT2D eigenvalue weighted by Crippen LogP contribution is 1.94. The summed E-state index contributed by atoms with van der Waals surface area (Å²) in [4.78, 5) is 9.94. The largest absolute Gasteiger partial charge is 0.364 e. The predicted octanol–water partition coefficient (Wildman–Crippen LogP) is 0.715. The van der Waals surface area contributed by atoms with Gasteiger partial charge in [0.2, 0.25) is 0 Å². The smallest absolute Gasteiger partial charge is 0.277 e. The van der Waals surface area contributed by atoms with Gasteiger partial charge in [0.1, 0.15) is 0 Å². The van der Waals surface area contributed by atoms with E-state index in [1.165, 1.54) is 5.37 Å². The van der Waals surface area contributed by atoms with E-state index in [-0.39, 0.29) is 6.42 Å². The predicted molar refractivity (Wildman–Crippen MR) is 36.7 cm³/mol. The lowest BCUT2D eigenvalue weighted by atomic mass is 10.4. The van der Waals surface area contributed by atoms with E-state index in [2.05, 4.69) is 18.0 Å². The minimum absolute atomic E-state index is 0.254. The summed E-state index contributed by atoms with van der Waals surface area (Å²) in [5.74, 6) is -1.98. The Morgan fingerprint density at radius 3 is 2.67 bits per heavy atom. The number of hydrogen-bond acceptors (Lipinski definition) is 2. The van der Waals surface area contributed by atoms with E-state index >= 15 is 0 Å². The van der Waals surface area contributed by atoms with Crippen LogP contribution in [0.2, 0.25) is 0 Å². The monoisotopic (exact) mass is 147 g/mol. The van der Waals surface area contributed by atoms with Gasteiger partial charge in [-0.1, -0.05) is 12.2 Å². The van der Waals surface area contributed by atoms with E-state index in [9.17, 15) is 9.18 Å². The first kappa shape index (κ1) is 8.23. The van der Waals surface area contributed by atoms with Gasteiger partial charge in [-0.3, -0.25) is 4.79 Å². The third kappa shape index (κ3) is 3.78. The number of halogens is 1. The van der Waals surface area contributed by atoms with Gasteiger partial charge in [0.25, 0.3) is 5.91 Å². The van der Waals surface area contributed by atoms with Crippen molar-refractivity contribution in [3.8, 4) is 0 Å². The Balaban J connectivity index is 3.83. The second kappa shape index (κ2) is 4.14. The topological polar surface area (TPSA) is 43.1 Å². The first-order chi connectivity index (χ1) is 4.18. The molecule has 1 amide bonds. The fourth-order valence-corrected chi connectivity index (χ4v) is 0.348. The minimum Gasteiger partial charge on any atom is -0.364 e. The third-order valence-electron chi connectivity index (χ3n) is 0.629. The van der Waals surface area contributed by atoms with Crippen LogP contribution in [0, 0.1) is 0 Å². The maximum absolute atomic E-state index is 12.0. The van der Waals surface area contributed by atoms with Crippen molar-refractivity contribution in [1.82, 2.24) is 0 Å². The minimum atomic E-state index is -1.05. The molecule has 0 heterocycles. The molecular weight excluding hydrogens is 141 g/mol. The molecule has 0 aliphatic heterocycles. The number of rotatable bonds is 3. The molecule has 0 spiro atoms. The second-order valence-corrected chi connectivity index (χ2v) is 1.65. The molecule has 0 aromatic heterocycles. The molecule has 2 N–H and O–H groups in total. The molecule has 2 nitrogen and oxygen atoms in total. The van der Waals surface area contributed by atoms with Crippen molar-refractivity contribution in [2.75, 3.05) is 0 Å². The fourth-order valence-electron chi connectivity index (χ4n) is 0.252. The lowest BCUT2D eigenvalue weighted by Gasteiger charge is -1.84. The van der Waals surface area contributed by atoms with Gasteiger partial charge in [0.05, 0.1) is 0 Å². The summed E-state index contributed by atoms with van der Waals surface area (Å²) in [6, 6.07) is 0. The van der Waals surface area contributed by atoms with Crippen molar-refractivity contribution < 1.29 is 9.18 Å². The van der Waals surface area contributed by atoms with Crippen molar-refractivity contribution >= 4 is 23.5 Å². The van der Waals surface area contributed by atoms with Crippen LogP contribution in [0.5, 0.6) is 0 Å². The van der Waals surface area contributed by atoms with Crippen molar-refractivity contribution in [3.63, 3.8) is 0 Å². The van der Waals surface area contributed by atoms with E-state index < -0.39 is 11.7 Å². The number of carbonyl (C=O) groups is 1. The molecule has 0 radical (unpaired) electrons. The highest BCUT2D eigenvalue weighted by molar-refractivity contribution is 7.78. The van der Waals surface area contributed by atoms with Gasteiger partial charge in [-0.05, 0) is 17.9 Å². The number of carbonyl (C=O) groups excluding carboxylic acids is 1. The quantitative estimate of drug-likeness (QED) is 0.472. The van der Waals surface area contributed by atoms with Crippen LogP contribution in [-0.2, 0) is 4.79 Å². The van der Waals surface area contributed by atoms with E-state index in [0.29, 0.717) is 0 Å². The van der Waals surface area contributed by atoms with Crippen LogP contribution in [0.15, 0.2) is 11.9 Å².